The number of nitrogens with one attached hydrogen (secondary N) is 1. The first-order chi connectivity index (χ1) is 13.2. The minimum atomic E-state index is -4.45. The Morgan fingerprint density at radius 1 is 1.21 bits per heavy atom. The van der Waals surface area contributed by atoms with Gasteiger partial charge in [0.2, 0.25) is 0 Å². The van der Waals surface area contributed by atoms with Crippen molar-refractivity contribution in [3.63, 3.8) is 0 Å². The van der Waals surface area contributed by atoms with E-state index in [0.717, 1.165) is 12.1 Å². The zero-order valence-corrected chi connectivity index (χ0v) is 14.0. The largest absolute Gasteiger partial charge is 0.481 e. The fourth-order valence-electron chi connectivity index (χ4n) is 2.47. The summed E-state index contributed by atoms with van der Waals surface area (Å²) in [6.07, 6.45) is -3.03. The Kier molecular flexibility index (Phi) is 5.16. The summed E-state index contributed by atoms with van der Waals surface area (Å²) in [4.78, 5) is 28.6. The lowest BCUT2D eigenvalue weighted by Crippen LogP contribution is -2.11. The second-order valence-corrected chi connectivity index (χ2v) is 5.63. The summed E-state index contributed by atoms with van der Waals surface area (Å²) in [7, 11) is 0. The van der Waals surface area contributed by atoms with Gasteiger partial charge in [-0.2, -0.15) is 13.2 Å². The molecule has 0 spiro atoms. The number of pyridine rings is 1. The second kappa shape index (κ2) is 7.55. The van der Waals surface area contributed by atoms with Crippen molar-refractivity contribution < 1.29 is 32.3 Å². The maximum Gasteiger partial charge on any atom is 0.439 e. The average molecular weight is 395 g/mol. The SMILES string of the molecule is O=C(O)COc1ccnc(Cc2ccc(C(F)(F)F)cc2)c1-c1noc(=O)[nH]1. The number of carbonyl (C=O) groups is 1. The molecule has 28 heavy (non-hydrogen) atoms. The number of aliphatic carboxylic acids is 1. The van der Waals surface area contributed by atoms with Crippen LogP contribution in [-0.2, 0) is 17.4 Å². The minimum Gasteiger partial charge on any atom is -0.481 e. The van der Waals surface area contributed by atoms with Crippen LogP contribution < -0.4 is 10.5 Å². The summed E-state index contributed by atoms with van der Waals surface area (Å²) >= 11 is 0. The lowest BCUT2D eigenvalue weighted by atomic mass is 10.0. The van der Waals surface area contributed by atoms with E-state index < -0.39 is 30.1 Å². The lowest BCUT2D eigenvalue weighted by Gasteiger charge is -2.12. The van der Waals surface area contributed by atoms with Crippen molar-refractivity contribution in [2.24, 2.45) is 0 Å². The molecule has 3 rings (SSSR count). The molecule has 2 N–H and O–H groups in total. The third kappa shape index (κ3) is 4.37. The monoisotopic (exact) mass is 395 g/mol. The molecule has 2 heterocycles. The van der Waals surface area contributed by atoms with Crippen LogP contribution >= 0.6 is 0 Å². The Bertz CT molecular complexity index is 1040. The summed E-state index contributed by atoms with van der Waals surface area (Å²) < 4.78 is 47.8. The molecule has 0 bridgehead atoms. The zero-order chi connectivity index (χ0) is 20.3. The molecule has 0 aliphatic heterocycles. The second-order valence-electron chi connectivity index (χ2n) is 5.63. The van der Waals surface area contributed by atoms with Gasteiger partial charge in [-0.3, -0.25) is 14.5 Å². The number of rotatable bonds is 6. The molecule has 0 atom stereocenters. The smallest absolute Gasteiger partial charge is 0.439 e. The maximum absolute atomic E-state index is 12.7. The molecule has 0 aliphatic rings. The van der Waals surface area contributed by atoms with Crippen LogP contribution in [-0.4, -0.2) is 32.8 Å². The number of alkyl halides is 3. The highest BCUT2D eigenvalue weighted by Gasteiger charge is 2.30. The fourth-order valence-corrected chi connectivity index (χ4v) is 2.47. The molecule has 1 aromatic carbocycles. The van der Waals surface area contributed by atoms with Gasteiger partial charge in [-0.1, -0.05) is 17.3 Å². The van der Waals surface area contributed by atoms with Crippen molar-refractivity contribution in [2.75, 3.05) is 6.61 Å². The van der Waals surface area contributed by atoms with Gasteiger partial charge in [-0.25, -0.2) is 9.59 Å². The number of halogens is 3. The topological polar surface area (TPSA) is 118 Å². The molecule has 3 aromatic rings. The highest BCUT2D eigenvalue weighted by molar-refractivity contribution is 5.71. The number of aromatic nitrogens is 3. The van der Waals surface area contributed by atoms with Crippen LogP contribution in [0.4, 0.5) is 13.2 Å². The summed E-state index contributed by atoms with van der Waals surface area (Å²) in [6.45, 7) is -0.654. The number of ether oxygens (including phenoxy) is 1. The number of H-pyrrole nitrogens is 1. The van der Waals surface area contributed by atoms with Gasteiger partial charge < -0.3 is 9.84 Å². The molecular weight excluding hydrogens is 383 g/mol. The number of hydrogen-bond donors (Lipinski definition) is 2. The minimum absolute atomic E-state index is 0.0413. The number of aromatic amines is 1. The van der Waals surface area contributed by atoms with Crippen LogP contribution in [0.3, 0.4) is 0 Å². The Morgan fingerprint density at radius 3 is 2.50 bits per heavy atom. The molecular formula is C17H12F3N3O5. The van der Waals surface area contributed by atoms with Crippen molar-refractivity contribution >= 4 is 5.97 Å². The van der Waals surface area contributed by atoms with E-state index in [9.17, 15) is 22.8 Å². The van der Waals surface area contributed by atoms with E-state index in [-0.39, 0.29) is 23.6 Å². The van der Waals surface area contributed by atoms with Crippen LogP contribution in [0, 0.1) is 0 Å². The number of carboxylic acid groups (broad SMARTS) is 1. The summed E-state index contributed by atoms with van der Waals surface area (Å²) in [5, 5.41) is 12.4. The van der Waals surface area contributed by atoms with Gasteiger partial charge in [0.1, 0.15) is 5.75 Å². The van der Waals surface area contributed by atoms with E-state index in [4.69, 9.17) is 9.84 Å². The van der Waals surface area contributed by atoms with Crippen molar-refractivity contribution in [2.45, 2.75) is 12.6 Å². The van der Waals surface area contributed by atoms with Crippen LogP contribution in [0.25, 0.3) is 11.4 Å². The number of nitrogens with zero attached hydrogens (tertiary/aromatic N) is 2. The Balaban J connectivity index is 1.99. The molecule has 146 valence electrons. The van der Waals surface area contributed by atoms with E-state index in [1.54, 1.807) is 0 Å². The average Bonchev–Trinajstić information content (AvgIpc) is 3.05. The predicted molar refractivity (Wildman–Crippen MR) is 87.7 cm³/mol. The van der Waals surface area contributed by atoms with Crippen LogP contribution in [0.2, 0.25) is 0 Å². The molecule has 0 amide bonds. The molecule has 11 heteroatoms. The van der Waals surface area contributed by atoms with Gasteiger partial charge in [-0.05, 0) is 23.8 Å². The van der Waals surface area contributed by atoms with Crippen molar-refractivity contribution in [1.82, 2.24) is 15.1 Å². The van der Waals surface area contributed by atoms with E-state index >= 15 is 0 Å². The van der Waals surface area contributed by atoms with Crippen LogP contribution in [0.1, 0.15) is 16.8 Å². The molecule has 0 saturated heterocycles. The molecule has 2 aromatic heterocycles. The number of hydrogen-bond acceptors (Lipinski definition) is 6. The van der Waals surface area contributed by atoms with Gasteiger partial charge >= 0.3 is 17.9 Å². The van der Waals surface area contributed by atoms with E-state index in [1.165, 1.54) is 24.4 Å². The van der Waals surface area contributed by atoms with Gasteiger partial charge in [0, 0.05) is 12.6 Å². The van der Waals surface area contributed by atoms with Gasteiger partial charge in [0.05, 0.1) is 16.8 Å². The quantitative estimate of drug-likeness (QED) is 0.658. The van der Waals surface area contributed by atoms with Gasteiger partial charge in [0.25, 0.3) is 0 Å². The summed E-state index contributed by atoms with van der Waals surface area (Å²) in [5.41, 5.74) is 0.188. The molecule has 0 radical (unpaired) electrons. The maximum atomic E-state index is 12.7. The highest BCUT2D eigenvalue weighted by Crippen LogP contribution is 2.32. The zero-order valence-electron chi connectivity index (χ0n) is 14.0. The van der Waals surface area contributed by atoms with Crippen molar-refractivity contribution in [1.29, 1.82) is 0 Å². The molecule has 8 nitrogen and oxygen atoms in total. The van der Waals surface area contributed by atoms with E-state index in [2.05, 4.69) is 19.6 Å². The molecule has 0 saturated carbocycles. The summed E-state index contributed by atoms with van der Waals surface area (Å²) in [5.74, 6) is -2.03. The van der Waals surface area contributed by atoms with Crippen LogP contribution in [0.5, 0.6) is 5.75 Å². The number of carboxylic acids is 1. The predicted octanol–water partition coefficient (Wildman–Crippen LogP) is 2.50. The Labute approximate surface area is 154 Å². The number of benzene rings is 1. The molecule has 0 fully saturated rings. The third-order valence-corrected chi connectivity index (χ3v) is 3.67. The Hall–Kier alpha value is -3.63. The normalized spacial score (nSPS) is 11.4. The molecule has 0 unspecified atom stereocenters. The highest BCUT2D eigenvalue weighted by atomic mass is 19.4. The Morgan fingerprint density at radius 2 is 1.93 bits per heavy atom. The van der Waals surface area contributed by atoms with E-state index in [1.807, 2.05) is 0 Å². The van der Waals surface area contributed by atoms with Gasteiger partial charge in [0.15, 0.2) is 12.4 Å². The van der Waals surface area contributed by atoms with E-state index in [0.29, 0.717) is 11.3 Å². The standard InChI is InChI=1S/C17H12F3N3O5/c18-17(19,20)10-3-1-9(2-4-10)7-11-14(15-22-16(26)28-23-15)12(5-6-21-11)27-8-13(24)25/h1-6H,7-8H2,(H,24,25)(H,22,23,26). The van der Waals surface area contributed by atoms with Gasteiger partial charge in [-0.15, -0.1) is 0 Å². The molecule has 0 aliphatic carbocycles. The van der Waals surface area contributed by atoms with Crippen molar-refractivity contribution in [3.8, 4) is 17.1 Å². The first-order valence-corrected chi connectivity index (χ1v) is 7.79. The van der Waals surface area contributed by atoms with Crippen LogP contribution in [0.15, 0.2) is 45.8 Å². The summed E-state index contributed by atoms with van der Waals surface area (Å²) in [6, 6.07) is 5.85. The first kappa shape index (κ1) is 19.1. The van der Waals surface area contributed by atoms with Crippen molar-refractivity contribution in [3.05, 3.63) is 63.9 Å². The lowest BCUT2D eigenvalue weighted by molar-refractivity contribution is -0.139. The fraction of sp³-hybridized carbons (Fsp3) is 0.176. The third-order valence-electron chi connectivity index (χ3n) is 3.67. The first-order valence-electron chi connectivity index (χ1n) is 7.79.